The Bertz CT molecular complexity index is 726. The zero-order chi connectivity index (χ0) is 19.8. The van der Waals surface area contributed by atoms with Crippen LogP contribution in [0.1, 0.15) is 50.2 Å². The monoisotopic (exact) mass is 400 g/mol. The van der Waals surface area contributed by atoms with Gasteiger partial charge in [0, 0.05) is 19.0 Å². The second-order valence-electron chi connectivity index (χ2n) is 7.96. The lowest BCUT2D eigenvalue weighted by Crippen LogP contribution is -2.38. The van der Waals surface area contributed by atoms with Crippen LogP contribution in [0.15, 0.2) is 41.1 Å². The van der Waals surface area contributed by atoms with E-state index in [2.05, 4.69) is 46.2 Å². The molecule has 5 heteroatoms. The van der Waals surface area contributed by atoms with Gasteiger partial charge in [-0.3, -0.25) is 9.69 Å². The number of hydrogen-bond donors (Lipinski definition) is 1. The molecular formula is C23H32N2O2S. The Labute approximate surface area is 172 Å². The maximum Gasteiger partial charge on any atom is 0.223 e. The largest absolute Gasteiger partial charge is 0.489 e. The molecule has 1 aromatic heterocycles. The lowest BCUT2D eigenvalue weighted by molar-refractivity contribution is -0.126. The summed E-state index contributed by atoms with van der Waals surface area (Å²) in [6, 6.07) is 10.4. The molecule has 0 bridgehead atoms. The minimum absolute atomic E-state index is 0.0497. The molecule has 1 amide bonds. The summed E-state index contributed by atoms with van der Waals surface area (Å²) in [4.78, 5) is 14.6. The Morgan fingerprint density at radius 2 is 2.00 bits per heavy atom. The van der Waals surface area contributed by atoms with E-state index in [1.54, 1.807) is 11.3 Å². The van der Waals surface area contributed by atoms with Gasteiger partial charge in [-0.05, 0) is 66.9 Å². The van der Waals surface area contributed by atoms with Gasteiger partial charge in [-0.1, -0.05) is 31.4 Å². The van der Waals surface area contributed by atoms with Crippen molar-refractivity contribution in [3.63, 3.8) is 0 Å². The van der Waals surface area contributed by atoms with Gasteiger partial charge < -0.3 is 10.1 Å². The zero-order valence-electron chi connectivity index (χ0n) is 17.0. The SMILES string of the molecule is C[C@H](CNC(=O)C1CCCCC1)Oc1cccc(CN(C)Cc2ccsc2)c1. The first-order valence-electron chi connectivity index (χ1n) is 10.3. The molecule has 1 N–H and O–H groups in total. The summed E-state index contributed by atoms with van der Waals surface area (Å²) in [5.41, 5.74) is 2.58. The van der Waals surface area contributed by atoms with Crippen LogP contribution < -0.4 is 10.1 Å². The normalized spacial score (nSPS) is 16.1. The number of carbonyl (C=O) groups is 1. The molecule has 0 saturated heterocycles. The molecule has 0 radical (unpaired) electrons. The number of nitrogens with one attached hydrogen (secondary N) is 1. The van der Waals surface area contributed by atoms with Gasteiger partial charge in [-0.15, -0.1) is 0 Å². The number of nitrogens with zero attached hydrogens (tertiary/aromatic N) is 1. The van der Waals surface area contributed by atoms with Crippen LogP contribution >= 0.6 is 11.3 Å². The van der Waals surface area contributed by atoms with Crippen LogP contribution in [0.3, 0.4) is 0 Å². The molecule has 1 saturated carbocycles. The van der Waals surface area contributed by atoms with Crippen molar-refractivity contribution < 1.29 is 9.53 Å². The highest BCUT2D eigenvalue weighted by atomic mass is 32.1. The predicted octanol–water partition coefficient (Wildman–Crippen LogP) is 4.84. The molecule has 2 aromatic rings. The molecule has 0 unspecified atom stereocenters. The lowest BCUT2D eigenvalue weighted by atomic mass is 9.89. The molecule has 0 spiro atoms. The van der Waals surface area contributed by atoms with Crippen molar-refractivity contribution in [3.8, 4) is 5.75 Å². The first-order chi connectivity index (χ1) is 13.6. The molecule has 1 fully saturated rings. The van der Waals surface area contributed by atoms with Gasteiger partial charge in [-0.2, -0.15) is 11.3 Å². The second-order valence-corrected chi connectivity index (χ2v) is 8.74. The highest BCUT2D eigenvalue weighted by Crippen LogP contribution is 2.23. The average molecular weight is 401 g/mol. The van der Waals surface area contributed by atoms with Crippen LogP contribution in [0.25, 0.3) is 0 Å². The number of thiophene rings is 1. The number of rotatable bonds is 9. The molecule has 1 aliphatic rings. The molecular weight excluding hydrogens is 368 g/mol. The summed E-state index contributed by atoms with van der Waals surface area (Å²) in [6.07, 6.45) is 5.63. The minimum Gasteiger partial charge on any atom is -0.489 e. The number of benzene rings is 1. The van der Waals surface area contributed by atoms with E-state index >= 15 is 0 Å². The molecule has 0 aliphatic heterocycles. The molecule has 1 heterocycles. The third-order valence-corrected chi connectivity index (χ3v) is 5.99. The van der Waals surface area contributed by atoms with E-state index in [0.29, 0.717) is 6.54 Å². The van der Waals surface area contributed by atoms with Crippen molar-refractivity contribution in [2.75, 3.05) is 13.6 Å². The molecule has 152 valence electrons. The molecule has 4 nitrogen and oxygen atoms in total. The molecule has 1 aliphatic carbocycles. The maximum absolute atomic E-state index is 12.3. The highest BCUT2D eigenvalue weighted by molar-refractivity contribution is 7.07. The standard InChI is InChI=1S/C23H32N2O2S/c1-18(14-24-23(26)21-8-4-3-5-9-21)27-22-10-6-7-19(13-22)15-25(2)16-20-11-12-28-17-20/h6-7,10-13,17-18,21H,3-5,8-9,14-16H2,1-2H3,(H,24,26)/t18-/m1/s1. The van der Waals surface area contributed by atoms with Crippen LogP contribution in [0.2, 0.25) is 0 Å². The van der Waals surface area contributed by atoms with Crippen LogP contribution in [0.5, 0.6) is 5.75 Å². The van der Waals surface area contributed by atoms with Crippen molar-refractivity contribution >= 4 is 17.2 Å². The summed E-state index contributed by atoms with van der Waals surface area (Å²) >= 11 is 1.74. The maximum atomic E-state index is 12.3. The Morgan fingerprint density at radius 1 is 1.21 bits per heavy atom. The van der Waals surface area contributed by atoms with Gasteiger partial charge in [0.2, 0.25) is 5.91 Å². The highest BCUT2D eigenvalue weighted by Gasteiger charge is 2.21. The molecule has 3 rings (SSSR count). The van der Waals surface area contributed by atoms with E-state index < -0.39 is 0 Å². The van der Waals surface area contributed by atoms with Gasteiger partial charge in [0.1, 0.15) is 11.9 Å². The number of hydrogen-bond acceptors (Lipinski definition) is 4. The Hall–Kier alpha value is -1.85. The summed E-state index contributed by atoms with van der Waals surface area (Å²) in [7, 11) is 2.13. The Balaban J connectivity index is 1.44. The van der Waals surface area contributed by atoms with Crippen molar-refractivity contribution in [3.05, 3.63) is 52.2 Å². The van der Waals surface area contributed by atoms with Gasteiger partial charge >= 0.3 is 0 Å². The fourth-order valence-corrected chi connectivity index (χ4v) is 4.47. The second kappa shape index (κ2) is 10.6. The fourth-order valence-electron chi connectivity index (χ4n) is 3.81. The predicted molar refractivity (Wildman–Crippen MR) is 116 cm³/mol. The van der Waals surface area contributed by atoms with Crippen LogP contribution in [0, 0.1) is 5.92 Å². The first kappa shape index (κ1) is 20.9. The van der Waals surface area contributed by atoms with Crippen LogP contribution in [-0.2, 0) is 17.9 Å². The Kier molecular flexibility index (Phi) is 7.92. The average Bonchev–Trinajstić information content (AvgIpc) is 3.20. The van der Waals surface area contributed by atoms with Crippen molar-refractivity contribution in [2.45, 2.75) is 58.2 Å². The smallest absolute Gasteiger partial charge is 0.223 e. The summed E-state index contributed by atoms with van der Waals surface area (Å²) < 4.78 is 6.05. The first-order valence-corrected chi connectivity index (χ1v) is 11.3. The van der Waals surface area contributed by atoms with Crippen LogP contribution in [0.4, 0.5) is 0 Å². The number of ether oxygens (including phenoxy) is 1. The lowest BCUT2D eigenvalue weighted by Gasteiger charge is -2.22. The number of carbonyl (C=O) groups excluding carboxylic acids is 1. The van der Waals surface area contributed by atoms with E-state index in [9.17, 15) is 4.79 Å². The van der Waals surface area contributed by atoms with E-state index in [-0.39, 0.29) is 17.9 Å². The number of amides is 1. The van der Waals surface area contributed by atoms with E-state index in [1.807, 2.05) is 19.1 Å². The quantitative estimate of drug-likeness (QED) is 0.655. The Morgan fingerprint density at radius 3 is 2.75 bits per heavy atom. The third kappa shape index (κ3) is 6.64. The fraction of sp³-hybridized carbons (Fsp3) is 0.522. The van der Waals surface area contributed by atoms with Gasteiger partial charge in [0.15, 0.2) is 0 Å². The van der Waals surface area contributed by atoms with E-state index in [0.717, 1.165) is 31.7 Å². The van der Waals surface area contributed by atoms with Gasteiger partial charge in [0.25, 0.3) is 0 Å². The minimum atomic E-state index is -0.0497. The topological polar surface area (TPSA) is 41.6 Å². The van der Waals surface area contributed by atoms with E-state index in [1.165, 1.54) is 30.4 Å². The van der Waals surface area contributed by atoms with E-state index in [4.69, 9.17) is 4.74 Å². The molecule has 28 heavy (non-hydrogen) atoms. The summed E-state index contributed by atoms with van der Waals surface area (Å²) in [5.74, 6) is 1.25. The third-order valence-electron chi connectivity index (χ3n) is 5.26. The van der Waals surface area contributed by atoms with Crippen molar-refractivity contribution in [2.24, 2.45) is 5.92 Å². The molecule has 1 aromatic carbocycles. The molecule has 1 atom stereocenters. The van der Waals surface area contributed by atoms with Crippen molar-refractivity contribution in [1.82, 2.24) is 10.2 Å². The zero-order valence-corrected chi connectivity index (χ0v) is 17.8. The summed E-state index contributed by atoms with van der Waals surface area (Å²) in [5, 5.41) is 7.38. The summed E-state index contributed by atoms with van der Waals surface area (Å²) in [6.45, 7) is 4.38. The van der Waals surface area contributed by atoms with Gasteiger partial charge in [0.05, 0.1) is 6.54 Å². The van der Waals surface area contributed by atoms with Crippen LogP contribution in [-0.4, -0.2) is 30.5 Å². The van der Waals surface area contributed by atoms with Crippen molar-refractivity contribution in [1.29, 1.82) is 0 Å². The van der Waals surface area contributed by atoms with Gasteiger partial charge in [-0.25, -0.2) is 0 Å².